The molecule has 4 nitrogen and oxygen atoms in total. The summed E-state index contributed by atoms with van der Waals surface area (Å²) in [6, 6.07) is 0. The number of aromatic nitrogens is 2. The smallest absolute Gasteiger partial charge is 0.222 e. The van der Waals surface area contributed by atoms with Crippen LogP contribution in [0.4, 0.5) is 0 Å². The maximum absolute atomic E-state index is 12.5. The van der Waals surface area contributed by atoms with Crippen molar-refractivity contribution in [1.82, 2.24) is 14.5 Å². The molecule has 1 aliphatic heterocycles. The Hall–Kier alpha value is -1.32. The number of carbonyl (C=O) groups excluding carboxylic acids is 1. The van der Waals surface area contributed by atoms with Crippen LogP contribution < -0.4 is 0 Å². The Morgan fingerprint density at radius 2 is 1.83 bits per heavy atom. The zero-order chi connectivity index (χ0) is 16.9. The number of carbonyl (C=O) groups is 1. The van der Waals surface area contributed by atoms with E-state index >= 15 is 0 Å². The summed E-state index contributed by atoms with van der Waals surface area (Å²) in [7, 11) is 0. The van der Waals surface area contributed by atoms with E-state index in [4.69, 9.17) is 0 Å². The minimum absolute atomic E-state index is 0.408. The van der Waals surface area contributed by atoms with Crippen molar-refractivity contribution in [1.29, 1.82) is 0 Å². The van der Waals surface area contributed by atoms with Crippen LogP contribution in [0.25, 0.3) is 0 Å². The van der Waals surface area contributed by atoms with Gasteiger partial charge in [-0.3, -0.25) is 4.79 Å². The monoisotopic (exact) mass is 331 g/mol. The summed E-state index contributed by atoms with van der Waals surface area (Å²) in [5.41, 5.74) is 0. The third-order valence-electron chi connectivity index (χ3n) is 5.87. The summed E-state index contributed by atoms with van der Waals surface area (Å²) in [4.78, 5) is 19.2. The highest BCUT2D eigenvalue weighted by molar-refractivity contribution is 5.76. The number of hydrogen-bond donors (Lipinski definition) is 0. The van der Waals surface area contributed by atoms with Gasteiger partial charge in [-0.15, -0.1) is 0 Å². The number of imidazole rings is 1. The van der Waals surface area contributed by atoms with Crippen LogP contribution in [0.3, 0.4) is 0 Å². The Labute approximate surface area is 146 Å². The van der Waals surface area contributed by atoms with Gasteiger partial charge in [0.05, 0.1) is 0 Å². The maximum atomic E-state index is 12.5. The van der Waals surface area contributed by atoms with Gasteiger partial charge in [-0.25, -0.2) is 4.98 Å². The SMILES string of the molecule is CC(C)c1nccn1CC1CCN(C(=O)CC2CCCCC2)CC1. The Bertz CT molecular complexity index is 523. The van der Waals surface area contributed by atoms with Gasteiger partial charge < -0.3 is 9.47 Å². The molecular formula is C20H33N3O. The molecule has 0 unspecified atom stereocenters. The van der Waals surface area contributed by atoms with Crippen molar-refractivity contribution >= 4 is 5.91 Å². The molecule has 24 heavy (non-hydrogen) atoms. The second-order valence-electron chi connectivity index (χ2n) is 8.12. The van der Waals surface area contributed by atoms with Gasteiger partial charge in [0.15, 0.2) is 0 Å². The van der Waals surface area contributed by atoms with Gasteiger partial charge in [0.1, 0.15) is 5.82 Å². The molecule has 134 valence electrons. The molecule has 0 N–H and O–H groups in total. The fraction of sp³-hybridized carbons (Fsp3) is 0.800. The third kappa shape index (κ3) is 4.40. The lowest BCUT2D eigenvalue weighted by Gasteiger charge is -2.34. The average molecular weight is 332 g/mol. The van der Waals surface area contributed by atoms with Crippen LogP contribution in [0.5, 0.6) is 0 Å². The summed E-state index contributed by atoms with van der Waals surface area (Å²) in [5.74, 6) is 3.40. The fourth-order valence-electron chi connectivity index (χ4n) is 4.39. The van der Waals surface area contributed by atoms with Gasteiger partial charge in [0.25, 0.3) is 0 Å². The minimum Gasteiger partial charge on any atom is -0.343 e. The van der Waals surface area contributed by atoms with Gasteiger partial charge in [-0.2, -0.15) is 0 Å². The second kappa shape index (κ2) is 8.17. The lowest BCUT2D eigenvalue weighted by Crippen LogP contribution is -2.40. The van der Waals surface area contributed by atoms with Crippen molar-refractivity contribution in [2.75, 3.05) is 13.1 Å². The molecule has 0 spiro atoms. The summed E-state index contributed by atoms with van der Waals surface area (Å²) in [6.45, 7) is 7.35. The Balaban J connectivity index is 1.45. The Morgan fingerprint density at radius 3 is 2.50 bits per heavy atom. The van der Waals surface area contributed by atoms with E-state index in [1.165, 1.54) is 37.9 Å². The lowest BCUT2D eigenvalue weighted by atomic mass is 9.86. The van der Waals surface area contributed by atoms with Gasteiger partial charge in [-0.1, -0.05) is 33.1 Å². The van der Waals surface area contributed by atoms with Crippen molar-refractivity contribution in [2.24, 2.45) is 11.8 Å². The molecule has 1 saturated heterocycles. The highest BCUT2D eigenvalue weighted by atomic mass is 16.2. The number of likely N-dealkylation sites (tertiary alicyclic amines) is 1. The zero-order valence-electron chi connectivity index (χ0n) is 15.4. The average Bonchev–Trinajstić information content (AvgIpc) is 3.05. The van der Waals surface area contributed by atoms with Crippen LogP contribution in [-0.4, -0.2) is 33.4 Å². The van der Waals surface area contributed by atoms with Crippen molar-refractivity contribution in [3.05, 3.63) is 18.2 Å². The third-order valence-corrected chi connectivity index (χ3v) is 5.87. The standard InChI is InChI=1S/C20H33N3O/c1-16(2)20-21-10-13-23(20)15-18-8-11-22(12-9-18)19(24)14-17-6-4-3-5-7-17/h10,13,16-18H,3-9,11-12,14-15H2,1-2H3. The molecule has 0 radical (unpaired) electrons. The van der Waals surface area contributed by atoms with E-state index in [1.54, 1.807) is 0 Å². The largest absolute Gasteiger partial charge is 0.343 e. The molecule has 3 rings (SSSR count). The molecule has 1 amide bonds. The minimum atomic E-state index is 0.408. The van der Waals surface area contributed by atoms with Crippen LogP contribution in [0.1, 0.15) is 77.0 Å². The molecule has 2 heterocycles. The first-order chi connectivity index (χ1) is 11.6. The van der Waals surface area contributed by atoms with Crippen molar-refractivity contribution in [3.8, 4) is 0 Å². The van der Waals surface area contributed by atoms with Crippen LogP contribution in [0.2, 0.25) is 0 Å². The highest BCUT2D eigenvalue weighted by Crippen LogP contribution is 2.28. The topological polar surface area (TPSA) is 38.1 Å². The Morgan fingerprint density at radius 1 is 1.12 bits per heavy atom. The van der Waals surface area contributed by atoms with E-state index in [9.17, 15) is 4.79 Å². The predicted molar refractivity (Wildman–Crippen MR) is 96.8 cm³/mol. The molecule has 0 bridgehead atoms. The van der Waals surface area contributed by atoms with Crippen LogP contribution >= 0.6 is 0 Å². The van der Waals surface area contributed by atoms with Gasteiger partial charge in [0.2, 0.25) is 5.91 Å². The molecule has 1 aromatic heterocycles. The molecule has 1 aliphatic carbocycles. The lowest BCUT2D eigenvalue weighted by molar-refractivity contribution is -0.133. The van der Waals surface area contributed by atoms with E-state index in [-0.39, 0.29) is 0 Å². The predicted octanol–water partition coefficient (Wildman–Crippen LogP) is 4.22. The molecule has 2 aliphatic rings. The summed E-state index contributed by atoms with van der Waals surface area (Å²) < 4.78 is 2.31. The number of hydrogen-bond acceptors (Lipinski definition) is 2. The quantitative estimate of drug-likeness (QED) is 0.810. The van der Waals surface area contributed by atoms with Gasteiger partial charge >= 0.3 is 0 Å². The normalized spacial score (nSPS) is 20.7. The number of rotatable bonds is 5. The van der Waals surface area contributed by atoms with Crippen LogP contribution in [0.15, 0.2) is 12.4 Å². The highest BCUT2D eigenvalue weighted by Gasteiger charge is 2.26. The van der Waals surface area contributed by atoms with Crippen molar-refractivity contribution in [3.63, 3.8) is 0 Å². The van der Waals surface area contributed by atoms with E-state index < -0.39 is 0 Å². The zero-order valence-corrected chi connectivity index (χ0v) is 15.4. The first kappa shape index (κ1) is 17.5. The van der Waals surface area contributed by atoms with Gasteiger partial charge in [-0.05, 0) is 37.5 Å². The van der Waals surface area contributed by atoms with Crippen LogP contribution in [0, 0.1) is 11.8 Å². The molecule has 0 aromatic carbocycles. The van der Waals surface area contributed by atoms with E-state index in [2.05, 4.69) is 34.5 Å². The fourth-order valence-corrected chi connectivity index (χ4v) is 4.39. The molecule has 2 fully saturated rings. The molecular weight excluding hydrogens is 298 g/mol. The van der Waals surface area contributed by atoms with Crippen molar-refractivity contribution in [2.45, 2.75) is 77.7 Å². The summed E-state index contributed by atoms with van der Waals surface area (Å²) in [6.07, 6.45) is 13.6. The molecule has 4 heteroatoms. The number of amides is 1. The number of nitrogens with zero attached hydrogens (tertiary/aromatic N) is 3. The molecule has 1 aromatic rings. The molecule has 0 atom stereocenters. The summed E-state index contributed by atoms with van der Waals surface area (Å²) in [5, 5.41) is 0. The first-order valence-corrected chi connectivity index (χ1v) is 9.92. The van der Waals surface area contributed by atoms with Gasteiger partial charge in [0, 0.05) is 44.4 Å². The molecule has 1 saturated carbocycles. The van der Waals surface area contributed by atoms with E-state index in [1.807, 2.05) is 6.20 Å². The number of piperidine rings is 1. The Kier molecular flexibility index (Phi) is 5.96. The van der Waals surface area contributed by atoms with E-state index in [0.717, 1.165) is 38.9 Å². The van der Waals surface area contributed by atoms with E-state index in [0.29, 0.717) is 23.7 Å². The maximum Gasteiger partial charge on any atom is 0.222 e. The van der Waals surface area contributed by atoms with Crippen molar-refractivity contribution < 1.29 is 4.79 Å². The first-order valence-electron chi connectivity index (χ1n) is 9.92. The van der Waals surface area contributed by atoms with Crippen LogP contribution in [-0.2, 0) is 11.3 Å². The second-order valence-corrected chi connectivity index (χ2v) is 8.12. The summed E-state index contributed by atoms with van der Waals surface area (Å²) >= 11 is 0.